The standard InChI is InChI=1S/C21H14F4N4O/c22-18-16(21(23,24)25)4-1-5-17(18)29-20(30)28-13-8-6-12(7-9-13)15-11-27-19-14(15)3-2-10-26-19/h1-11H,(H,26,27)(H2,28,29,30). The van der Waals surface area contributed by atoms with Gasteiger partial charge in [0, 0.05) is 29.0 Å². The number of carbonyl (C=O) groups is 1. The molecule has 2 heterocycles. The topological polar surface area (TPSA) is 69.8 Å². The number of alkyl halides is 3. The summed E-state index contributed by atoms with van der Waals surface area (Å²) in [6.45, 7) is 0. The number of anilines is 2. The number of fused-ring (bicyclic) bond motifs is 1. The molecule has 4 rings (SSSR count). The normalized spacial score (nSPS) is 11.5. The number of nitrogens with zero attached hydrogens (tertiary/aromatic N) is 1. The first-order valence-corrected chi connectivity index (χ1v) is 8.79. The highest BCUT2D eigenvalue weighted by atomic mass is 19.4. The number of halogens is 4. The van der Waals surface area contributed by atoms with E-state index in [0.29, 0.717) is 11.8 Å². The van der Waals surface area contributed by atoms with Gasteiger partial charge in [0.05, 0.1) is 11.3 Å². The summed E-state index contributed by atoms with van der Waals surface area (Å²) in [5.41, 5.74) is 0.936. The van der Waals surface area contributed by atoms with E-state index in [4.69, 9.17) is 0 Å². The van der Waals surface area contributed by atoms with Crippen molar-refractivity contribution in [2.45, 2.75) is 6.18 Å². The lowest BCUT2D eigenvalue weighted by Crippen LogP contribution is -2.21. The Morgan fingerprint density at radius 1 is 0.967 bits per heavy atom. The fourth-order valence-electron chi connectivity index (χ4n) is 3.06. The number of benzene rings is 2. The monoisotopic (exact) mass is 414 g/mol. The molecule has 30 heavy (non-hydrogen) atoms. The molecule has 4 aromatic rings. The summed E-state index contributed by atoms with van der Waals surface area (Å²) in [6, 6.07) is 12.4. The van der Waals surface area contributed by atoms with E-state index < -0.39 is 29.3 Å². The molecule has 2 amide bonds. The predicted molar refractivity (Wildman–Crippen MR) is 106 cm³/mol. The van der Waals surface area contributed by atoms with E-state index in [1.54, 1.807) is 30.5 Å². The van der Waals surface area contributed by atoms with Crippen LogP contribution in [0.4, 0.5) is 33.7 Å². The highest BCUT2D eigenvalue weighted by Crippen LogP contribution is 2.34. The largest absolute Gasteiger partial charge is 0.419 e. The maximum Gasteiger partial charge on any atom is 0.419 e. The molecule has 0 unspecified atom stereocenters. The average Bonchev–Trinajstić information content (AvgIpc) is 3.13. The first kappa shape index (κ1) is 19.4. The summed E-state index contributed by atoms with van der Waals surface area (Å²) in [5, 5.41) is 5.51. The number of rotatable bonds is 3. The molecule has 0 radical (unpaired) electrons. The van der Waals surface area contributed by atoms with Crippen LogP contribution in [0.1, 0.15) is 5.56 Å². The van der Waals surface area contributed by atoms with Crippen molar-refractivity contribution in [3.63, 3.8) is 0 Å². The molecule has 2 aromatic carbocycles. The number of amides is 2. The number of aromatic nitrogens is 2. The number of pyridine rings is 1. The second-order valence-electron chi connectivity index (χ2n) is 6.42. The number of urea groups is 1. The molecule has 9 heteroatoms. The van der Waals surface area contributed by atoms with Crippen molar-refractivity contribution in [2.24, 2.45) is 0 Å². The van der Waals surface area contributed by atoms with Crippen LogP contribution in [0.2, 0.25) is 0 Å². The van der Waals surface area contributed by atoms with Crippen molar-refractivity contribution in [1.82, 2.24) is 9.97 Å². The lowest BCUT2D eigenvalue weighted by atomic mass is 10.1. The molecule has 0 bridgehead atoms. The molecule has 0 saturated carbocycles. The van der Waals surface area contributed by atoms with Crippen molar-refractivity contribution in [2.75, 3.05) is 10.6 Å². The van der Waals surface area contributed by atoms with E-state index in [9.17, 15) is 22.4 Å². The summed E-state index contributed by atoms with van der Waals surface area (Å²) in [7, 11) is 0. The summed E-state index contributed by atoms with van der Waals surface area (Å²) in [4.78, 5) is 19.4. The average molecular weight is 414 g/mol. The number of hydrogen-bond donors (Lipinski definition) is 3. The van der Waals surface area contributed by atoms with Crippen LogP contribution in [0, 0.1) is 5.82 Å². The molecular weight excluding hydrogens is 400 g/mol. The van der Waals surface area contributed by atoms with Crippen molar-refractivity contribution in [1.29, 1.82) is 0 Å². The Morgan fingerprint density at radius 2 is 1.73 bits per heavy atom. The van der Waals surface area contributed by atoms with Gasteiger partial charge in [0.25, 0.3) is 0 Å². The van der Waals surface area contributed by atoms with Crippen LogP contribution in [0.25, 0.3) is 22.2 Å². The van der Waals surface area contributed by atoms with Gasteiger partial charge in [-0.2, -0.15) is 13.2 Å². The highest BCUT2D eigenvalue weighted by molar-refractivity contribution is 6.00. The van der Waals surface area contributed by atoms with Crippen LogP contribution in [0.15, 0.2) is 67.0 Å². The van der Waals surface area contributed by atoms with Crippen molar-refractivity contribution in [3.8, 4) is 11.1 Å². The van der Waals surface area contributed by atoms with Gasteiger partial charge >= 0.3 is 12.2 Å². The maximum absolute atomic E-state index is 14.0. The van der Waals surface area contributed by atoms with Gasteiger partial charge in [0.1, 0.15) is 5.65 Å². The smallest absolute Gasteiger partial charge is 0.346 e. The van der Waals surface area contributed by atoms with Gasteiger partial charge in [0.15, 0.2) is 5.82 Å². The molecule has 0 aliphatic rings. The van der Waals surface area contributed by atoms with Gasteiger partial charge in [-0.25, -0.2) is 14.2 Å². The number of nitrogens with one attached hydrogen (secondary N) is 3. The second kappa shape index (κ2) is 7.51. The van der Waals surface area contributed by atoms with Gasteiger partial charge in [-0.15, -0.1) is 0 Å². The molecule has 2 aromatic heterocycles. The van der Waals surface area contributed by atoms with E-state index in [1.165, 1.54) is 0 Å². The Kier molecular flexibility index (Phi) is 4.86. The fraction of sp³-hybridized carbons (Fsp3) is 0.0476. The van der Waals surface area contributed by atoms with Crippen molar-refractivity contribution < 1.29 is 22.4 Å². The molecular formula is C21H14F4N4O. The van der Waals surface area contributed by atoms with Crippen LogP contribution in [0.3, 0.4) is 0 Å². The number of carbonyl (C=O) groups excluding carboxylic acids is 1. The first-order valence-electron chi connectivity index (χ1n) is 8.79. The van der Waals surface area contributed by atoms with Gasteiger partial charge in [-0.05, 0) is 42.0 Å². The predicted octanol–water partition coefficient (Wildman–Crippen LogP) is 6.03. The number of hydrogen-bond acceptors (Lipinski definition) is 2. The van der Waals surface area contributed by atoms with Crippen LogP contribution in [-0.2, 0) is 6.18 Å². The maximum atomic E-state index is 14.0. The van der Waals surface area contributed by atoms with Crippen LogP contribution in [-0.4, -0.2) is 16.0 Å². The molecule has 0 saturated heterocycles. The zero-order valence-corrected chi connectivity index (χ0v) is 15.2. The molecule has 5 nitrogen and oxygen atoms in total. The second-order valence-corrected chi connectivity index (χ2v) is 6.42. The third kappa shape index (κ3) is 3.82. The van der Waals surface area contributed by atoms with Crippen LogP contribution in [0.5, 0.6) is 0 Å². The Balaban J connectivity index is 1.48. The third-order valence-corrected chi connectivity index (χ3v) is 4.46. The van der Waals surface area contributed by atoms with Crippen molar-refractivity contribution in [3.05, 3.63) is 78.4 Å². The van der Waals surface area contributed by atoms with Crippen molar-refractivity contribution >= 4 is 28.4 Å². The van der Waals surface area contributed by atoms with Gasteiger partial charge in [0.2, 0.25) is 0 Å². The third-order valence-electron chi connectivity index (χ3n) is 4.46. The molecule has 3 N–H and O–H groups in total. The van der Waals surface area contributed by atoms with Gasteiger partial charge in [-0.1, -0.05) is 18.2 Å². The minimum atomic E-state index is -4.86. The highest BCUT2D eigenvalue weighted by Gasteiger charge is 2.35. The van der Waals surface area contributed by atoms with E-state index in [2.05, 4.69) is 20.6 Å². The Labute approximate surface area is 167 Å². The lowest BCUT2D eigenvalue weighted by Gasteiger charge is -2.13. The minimum absolute atomic E-state index is 0.390. The molecule has 0 atom stereocenters. The first-order chi connectivity index (χ1) is 14.3. The van der Waals surface area contributed by atoms with E-state index in [-0.39, 0.29) is 0 Å². The van der Waals surface area contributed by atoms with E-state index >= 15 is 0 Å². The van der Waals surface area contributed by atoms with Gasteiger partial charge < -0.3 is 15.6 Å². The number of aromatic amines is 1. The molecule has 0 spiro atoms. The summed E-state index contributed by atoms with van der Waals surface area (Å²) in [6.07, 6.45) is -1.35. The SMILES string of the molecule is O=C(Nc1ccc(-c2c[nH]c3ncccc23)cc1)Nc1cccc(C(F)(F)F)c1F. The van der Waals surface area contributed by atoms with Crippen LogP contribution < -0.4 is 10.6 Å². The molecule has 0 fully saturated rings. The zero-order valence-electron chi connectivity index (χ0n) is 15.2. The van der Waals surface area contributed by atoms with E-state index in [1.807, 2.05) is 18.3 Å². The lowest BCUT2D eigenvalue weighted by molar-refractivity contribution is -0.139. The Morgan fingerprint density at radius 3 is 2.47 bits per heavy atom. The van der Waals surface area contributed by atoms with E-state index in [0.717, 1.165) is 34.3 Å². The summed E-state index contributed by atoms with van der Waals surface area (Å²) < 4.78 is 52.4. The fourth-order valence-corrected chi connectivity index (χ4v) is 3.06. The summed E-state index contributed by atoms with van der Waals surface area (Å²) >= 11 is 0. The minimum Gasteiger partial charge on any atom is -0.346 e. The molecule has 0 aliphatic carbocycles. The number of H-pyrrole nitrogens is 1. The molecule has 152 valence electrons. The van der Waals surface area contributed by atoms with Crippen LogP contribution >= 0.6 is 0 Å². The zero-order chi connectivity index (χ0) is 21.3. The van der Waals surface area contributed by atoms with Gasteiger partial charge in [-0.3, -0.25) is 0 Å². The summed E-state index contributed by atoms with van der Waals surface area (Å²) in [5.74, 6) is -1.54. The Hall–Kier alpha value is -3.88. The molecule has 0 aliphatic heterocycles. The Bertz CT molecular complexity index is 1220. The quantitative estimate of drug-likeness (QED) is 0.358.